The standard InChI is InChI=1S/C49H30N4O/c1-3-14-31(15-4-1)34-26-27-45-40(28-34)41-29-35(53-43-24-11-9-21-37(43)38-22-10-12-25-44(38)53)30-42(46(41)54-45)49-51-47(33-17-5-2-6-18-33)50-48(52-49)39-23-13-19-32-16-7-8-20-36(32)39/h1-30H/i2D,5D,6D,17D,18D. The fourth-order valence-corrected chi connectivity index (χ4v) is 7.68. The molecule has 5 nitrogen and oxygen atoms in total. The predicted molar refractivity (Wildman–Crippen MR) is 221 cm³/mol. The maximum absolute atomic E-state index is 8.94. The summed E-state index contributed by atoms with van der Waals surface area (Å²) in [5.74, 6) is 0.457. The lowest BCUT2D eigenvalue weighted by Crippen LogP contribution is -2.02. The molecule has 0 N–H and O–H groups in total. The molecule has 3 aromatic heterocycles. The first-order valence-electron chi connectivity index (χ1n) is 20.2. The smallest absolute Gasteiger partial charge is 0.167 e. The van der Waals surface area contributed by atoms with Crippen molar-refractivity contribution in [3.8, 4) is 51.0 Å². The van der Waals surface area contributed by atoms with Crippen LogP contribution in [-0.4, -0.2) is 19.5 Å². The molecular weight excluding hydrogens is 661 g/mol. The van der Waals surface area contributed by atoms with E-state index in [4.69, 9.17) is 26.2 Å². The second-order valence-corrected chi connectivity index (χ2v) is 13.3. The van der Waals surface area contributed by atoms with E-state index in [-0.39, 0.29) is 23.0 Å². The van der Waals surface area contributed by atoms with Crippen LogP contribution in [0.2, 0.25) is 0 Å². The van der Waals surface area contributed by atoms with Gasteiger partial charge in [-0.1, -0.05) is 145 Å². The van der Waals surface area contributed by atoms with E-state index in [1.54, 1.807) is 0 Å². The van der Waals surface area contributed by atoms with Gasteiger partial charge in [0.25, 0.3) is 0 Å². The molecule has 5 heteroatoms. The average molecular weight is 696 g/mol. The van der Waals surface area contributed by atoms with Crippen molar-refractivity contribution in [3.63, 3.8) is 0 Å². The maximum Gasteiger partial charge on any atom is 0.167 e. The summed E-state index contributed by atoms with van der Waals surface area (Å²) in [6, 6.07) is 48.7. The number of para-hydroxylation sites is 2. The van der Waals surface area contributed by atoms with Crippen LogP contribution in [-0.2, 0) is 0 Å². The van der Waals surface area contributed by atoms with E-state index in [0.717, 1.165) is 60.2 Å². The van der Waals surface area contributed by atoms with Gasteiger partial charge in [0.05, 0.1) is 23.5 Å². The van der Waals surface area contributed by atoms with Crippen molar-refractivity contribution in [1.82, 2.24) is 19.5 Å². The van der Waals surface area contributed by atoms with Gasteiger partial charge in [-0.05, 0) is 58.3 Å². The van der Waals surface area contributed by atoms with Crippen LogP contribution >= 0.6 is 0 Å². The van der Waals surface area contributed by atoms with Gasteiger partial charge in [0.1, 0.15) is 11.2 Å². The Balaban J connectivity index is 1.27. The zero-order chi connectivity index (χ0) is 39.9. The molecule has 0 amide bonds. The van der Waals surface area contributed by atoms with Crippen molar-refractivity contribution in [3.05, 3.63) is 182 Å². The Labute approximate surface area is 317 Å². The minimum Gasteiger partial charge on any atom is -0.455 e. The molecule has 11 aromatic rings. The third-order valence-electron chi connectivity index (χ3n) is 10.1. The number of benzene rings is 8. The van der Waals surface area contributed by atoms with Gasteiger partial charge < -0.3 is 8.98 Å². The van der Waals surface area contributed by atoms with Crippen molar-refractivity contribution in [1.29, 1.82) is 0 Å². The minimum absolute atomic E-state index is 0.0483. The van der Waals surface area contributed by atoms with E-state index >= 15 is 0 Å². The van der Waals surface area contributed by atoms with E-state index in [1.807, 2.05) is 103 Å². The van der Waals surface area contributed by atoms with E-state index in [0.29, 0.717) is 22.3 Å². The minimum atomic E-state index is -0.495. The van der Waals surface area contributed by atoms with Crippen LogP contribution in [0.1, 0.15) is 6.85 Å². The monoisotopic (exact) mass is 695 g/mol. The van der Waals surface area contributed by atoms with Crippen LogP contribution in [0.25, 0.3) is 105 Å². The van der Waals surface area contributed by atoms with E-state index in [9.17, 15) is 0 Å². The van der Waals surface area contributed by atoms with Crippen LogP contribution in [0, 0.1) is 0 Å². The summed E-state index contributed by atoms with van der Waals surface area (Å²) in [5.41, 5.74) is 7.33. The van der Waals surface area contributed by atoms with Crippen molar-refractivity contribution >= 4 is 54.5 Å². The summed E-state index contributed by atoms with van der Waals surface area (Å²) in [6.07, 6.45) is 0. The van der Waals surface area contributed by atoms with Crippen LogP contribution < -0.4 is 0 Å². The summed E-state index contributed by atoms with van der Waals surface area (Å²) in [7, 11) is 0. The van der Waals surface area contributed by atoms with Gasteiger partial charge in [-0.25, -0.2) is 15.0 Å². The molecule has 0 aliphatic heterocycles. The topological polar surface area (TPSA) is 56.7 Å². The number of hydrogen-bond acceptors (Lipinski definition) is 4. The molecule has 3 heterocycles. The number of rotatable bonds is 5. The molecule has 0 fully saturated rings. The van der Waals surface area contributed by atoms with E-state index in [1.165, 1.54) is 0 Å². The number of aromatic nitrogens is 4. The maximum atomic E-state index is 8.94. The highest BCUT2D eigenvalue weighted by molar-refractivity contribution is 6.13. The highest BCUT2D eigenvalue weighted by Crippen LogP contribution is 2.41. The van der Waals surface area contributed by atoms with Crippen molar-refractivity contribution in [2.75, 3.05) is 0 Å². The number of hydrogen-bond donors (Lipinski definition) is 0. The average Bonchev–Trinajstić information content (AvgIpc) is 3.83. The third-order valence-corrected chi connectivity index (χ3v) is 10.1. The molecule has 0 radical (unpaired) electrons. The molecule has 11 rings (SSSR count). The zero-order valence-corrected chi connectivity index (χ0v) is 28.6. The van der Waals surface area contributed by atoms with Gasteiger partial charge in [-0.2, -0.15) is 0 Å². The van der Waals surface area contributed by atoms with Gasteiger partial charge in [0.2, 0.25) is 0 Å². The lowest BCUT2D eigenvalue weighted by Gasteiger charge is -2.13. The summed E-state index contributed by atoms with van der Waals surface area (Å²) < 4.78 is 52.2. The van der Waals surface area contributed by atoms with Gasteiger partial charge >= 0.3 is 0 Å². The summed E-state index contributed by atoms with van der Waals surface area (Å²) in [6.45, 7) is 0. The van der Waals surface area contributed by atoms with Crippen LogP contribution in [0.3, 0.4) is 0 Å². The highest BCUT2D eigenvalue weighted by Gasteiger charge is 2.22. The van der Waals surface area contributed by atoms with E-state index < -0.39 is 30.2 Å². The zero-order valence-electron chi connectivity index (χ0n) is 33.6. The molecule has 0 aliphatic carbocycles. The van der Waals surface area contributed by atoms with E-state index in [2.05, 4.69) is 53.1 Å². The largest absolute Gasteiger partial charge is 0.455 e. The molecule has 0 saturated heterocycles. The molecule has 0 spiro atoms. The SMILES string of the molecule is [2H]c1c([2H])c([2H])c(-c2nc(-c3cccc4ccccc34)nc(-c3cc(-n4c5ccccc5c5ccccc54)cc4c3oc3ccc(-c5ccccc5)cc34)n2)c([2H])c1[2H]. The molecule has 0 bridgehead atoms. The lowest BCUT2D eigenvalue weighted by atomic mass is 10.0. The second-order valence-electron chi connectivity index (χ2n) is 13.3. The lowest BCUT2D eigenvalue weighted by molar-refractivity contribution is 0.669. The second kappa shape index (κ2) is 12.1. The predicted octanol–water partition coefficient (Wildman–Crippen LogP) is 12.7. The molecular formula is C49H30N4O. The van der Waals surface area contributed by atoms with Gasteiger partial charge in [-0.15, -0.1) is 0 Å². The number of nitrogens with zero attached hydrogens (tertiary/aromatic N) is 4. The first kappa shape index (κ1) is 25.6. The van der Waals surface area contributed by atoms with Gasteiger partial charge in [0.15, 0.2) is 17.5 Å². The molecule has 252 valence electrons. The molecule has 54 heavy (non-hydrogen) atoms. The molecule has 0 aliphatic rings. The van der Waals surface area contributed by atoms with Crippen molar-refractivity contribution in [2.24, 2.45) is 0 Å². The molecule has 0 unspecified atom stereocenters. The normalized spacial score (nSPS) is 13.0. The van der Waals surface area contributed by atoms with Crippen LogP contribution in [0.5, 0.6) is 0 Å². The number of fused-ring (bicyclic) bond motifs is 7. The first-order chi connectivity index (χ1) is 28.8. The van der Waals surface area contributed by atoms with Gasteiger partial charge in [-0.3, -0.25) is 0 Å². The Morgan fingerprint density at radius 2 is 1.09 bits per heavy atom. The third kappa shape index (κ3) is 4.83. The van der Waals surface area contributed by atoms with Crippen LogP contribution in [0.15, 0.2) is 186 Å². The fourth-order valence-electron chi connectivity index (χ4n) is 7.68. The van der Waals surface area contributed by atoms with Crippen molar-refractivity contribution < 1.29 is 11.3 Å². The Hall–Kier alpha value is -7.37. The fraction of sp³-hybridized carbons (Fsp3) is 0. The Morgan fingerprint density at radius 1 is 0.444 bits per heavy atom. The summed E-state index contributed by atoms with van der Waals surface area (Å²) in [4.78, 5) is 15.0. The molecule has 0 atom stereocenters. The van der Waals surface area contributed by atoms with Gasteiger partial charge in [0, 0.05) is 38.4 Å². The Morgan fingerprint density at radius 3 is 1.87 bits per heavy atom. The quantitative estimate of drug-likeness (QED) is 0.180. The summed E-state index contributed by atoms with van der Waals surface area (Å²) >= 11 is 0. The first-order valence-corrected chi connectivity index (χ1v) is 17.7. The molecule has 8 aromatic carbocycles. The van der Waals surface area contributed by atoms with Crippen LogP contribution in [0.4, 0.5) is 0 Å². The number of furan rings is 1. The Kier molecular flexibility index (Phi) is 5.73. The highest BCUT2D eigenvalue weighted by atomic mass is 16.3. The Bertz CT molecular complexity index is 3440. The molecule has 0 saturated carbocycles. The van der Waals surface area contributed by atoms with Crippen molar-refractivity contribution in [2.45, 2.75) is 0 Å². The summed E-state index contributed by atoms with van der Waals surface area (Å²) in [5, 5.41) is 5.81.